The normalized spacial score (nSPS) is 12.0. The number of hydrogen-bond acceptors (Lipinski definition) is 4. The van der Waals surface area contributed by atoms with Gasteiger partial charge < -0.3 is 10.6 Å². The van der Waals surface area contributed by atoms with E-state index in [1.54, 1.807) is 18.2 Å². The second kappa shape index (κ2) is 7.11. The van der Waals surface area contributed by atoms with Crippen LogP contribution >= 0.6 is 34.5 Å². The molecule has 0 unspecified atom stereocenters. The first-order valence-corrected chi connectivity index (χ1v) is 8.08. The van der Waals surface area contributed by atoms with E-state index in [2.05, 4.69) is 15.6 Å². The fraction of sp³-hybridized carbons (Fsp3) is 0.286. The molecule has 0 saturated carbocycles. The Labute approximate surface area is 137 Å². The van der Waals surface area contributed by atoms with Crippen molar-refractivity contribution in [2.75, 3.05) is 10.6 Å². The summed E-state index contributed by atoms with van der Waals surface area (Å²) in [5, 5.41) is 9.25. The van der Waals surface area contributed by atoms with E-state index in [4.69, 9.17) is 23.2 Å². The number of benzene rings is 1. The number of carbonyl (C=O) groups is 1. The lowest BCUT2D eigenvalue weighted by molar-refractivity contribution is -0.116. The molecule has 2 N–H and O–H groups in total. The van der Waals surface area contributed by atoms with Crippen LogP contribution in [-0.4, -0.2) is 16.9 Å². The average Bonchev–Trinajstić information content (AvgIpc) is 2.85. The molecular formula is C14H15Cl2N3OS. The van der Waals surface area contributed by atoms with Gasteiger partial charge in [0.2, 0.25) is 5.91 Å². The standard InChI is InChI=1S/C14H15Cl2N3OS/c1-3-10(13(20)19-14-17-8(2)7-21-14)18-11-6-4-5-9(15)12(11)16/h4-7,10,18H,3H2,1-2H3,(H,17,19,20)/t10-/m0/s1. The summed E-state index contributed by atoms with van der Waals surface area (Å²) in [6, 6.07) is 4.86. The van der Waals surface area contributed by atoms with Crippen LogP contribution in [0.4, 0.5) is 10.8 Å². The first-order valence-electron chi connectivity index (χ1n) is 6.44. The number of halogens is 2. The molecule has 0 aliphatic carbocycles. The predicted molar refractivity (Wildman–Crippen MR) is 89.6 cm³/mol. The number of hydrogen-bond donors (Lipinski definition) is 2. The highest BCUT2D eigenvalue weighted by Gasteiger charge is 2.19. The van der Waals surface area contributed by atoms with Gasteiger partial charge in [-0.25, -0.2) is 4.98 Å². The Bertz CT molecular complexity index is 645. The van der Waals surface area contributed by atoms with E-state index in [1.165, 1.54) is 11.3 Å². The zero-order chi connectivity index (χ0) is 15.4. The number of aryl methyl sites for hydroxylation is 1. The molecule has 0 bridgehead atoms. The van der Waals surface area contributed by atoms with Crippen molar-refractivity contribution < 1.29 is 4.79 Å². The molecule has 1 aromatic heterocycles. The van der Waals surface area contributed by atoms with Gasteiger partial charge in [-0.1, -0.05) is 36.2 Å². The molecule has 0 saturated heterocycles. The molecule has 4 nitrogen and oxygen atoms in total. The molecule has 21 heavy (non-hydrogen) atoms. The third-order valence-corrected chi connectivity index (χ3v) is 4.55. The number of amides is 1. The minimum Gasteiger partial charge on any atom is -0.372 e. The summed E-state index contributed by atoms with van der Waals surface area (Å²) in [6.45, 7) is 3.80. The molecule has 2 rings (SSSR count). The molecule has 112 valence electrons. The van der Waals surface area contributed by atoms with Gasteiger partial charge in [-0.2, -0.15) is 0 Å². The summed E-state index contributed by atoms with van der Waals surface area (Å²) in [5.41, 5.74) is 1.52. The summed E-state index contributed by atoms with van der Waals surface area (Å²) < 4.78 is 0. The Kier molecular flexibility index (Phi) is 5.45. The lowest BCUT2D eigenvalue weighted by Crippen LogP contribution is -2.34. The van der Waals surface area contributed by atoms with Crippen molar-refractivity contribution in [2.24, 2.45) is 0 Å². The number of rotatable bonds is 5. The van der Waals surface area contributed by atoms with Crippen LogP contribution in [0.5, 0.6) is 0 Å². The van der Waals surface area contributed by atoms with Crippen molar-refractivity contribution in [1.29, 1.82) is 0 Å². The summed E-state index contributed by atoms with van der Waals surface area (Å²) >= 11 is 13.5. The quantitative estimate of drug-likeness (QED) is 0.834. The zero-order valence-electron chi connectivity index (χ0n) is 11.6. The summed E-state index contributed by atoms with van der Waals surface area (Å²) in [6.07, 6.45) is 0.610. The van der Waals surface area contributed by atoms with Gasteiger partial charge in [-0.3, -0.25) is 4.79 Å². The first kappa shape index (κ1) is 16.1. The lowest BCUT2D eigenvalue weighted by Gasteiger charge is -2.18. The molecule has 0 aliphatic rings. The second-order valence-corrected chi connectivity index (χ2v) is 6.13. The molecular weight excluding hydrogens is 329 g/mol. The molecule has 1 amide bonds. The molecule has 0 radical (unpaired) electrons. The minimum atomic E-state index is -0.412. The number of nitrogens with zero attached hydrogens (tertiary/aromatic N) is 1. The Morgan fingerprint density at radius 2 is 2.19 bits per heavy atom. The number of thiazole rings is 1. The van der Waals surface area contributed by atoms with E-state index >= 15 is 0 Å². The van der Waals surface area contributed by atoms with Crippen LogP contribution in [-0.2, 0) is 4.79 Å². The maximum atomic E-state index is 12.3. The fourth-order valence-corrected chi connectivity index (χ4v) is 2.81. The zero-order valence-corrected chi connectivity index (χ0v) is 13.9. The van der Waals surface area contributed by atoms with E-state index in [1.807, 2.05) is 19.2 Å². The van der Waals surface area contributed by atoms with Gasteiger partial charge in [0.1, 0.15) is 6.04 Å². The molecule has 0 spiro atoms. The molecule has 7 heteroatoms. The lowest BCUT2D eigenvalue weighted by atomic mass is 10.2. The highest BCUT2D eigenvalue weighted by molar-refractivity contribution is 7.13. The van der Waals surface area contributed by atoms with E-state index in [0.717, 1.165) is 5.69 Å². The molecule has 1 heterocycles. The third-order valence-electron chi connectivity index (χ3n) is 2.86. The topological polar surface area (TPSA) is 54.0 Å². The van der Waals surface area contributed by atoms with Gasteiger partial charge in [0.15, 0.2) is 5.13 Å². The van der Waals surface area contributed by atoms with Crippen molar-refractivity contribution in [3.8, 4) is 0 Å². The van der Waals surface area contributed by atoms with Gasteiger partial charge in [-0.05, 0) is 25.5 Å². The Balaban J connectivity index is 2.08. The van der Waals surface area contributed by atoms with Crippen LogP contribution in [0.3, 0.4) is 0 Å². The number of aromatic nitrogens is 1. The second-order valence-electron chi connectivity index (χ2n) is 4.49. The van der Waals surface area contributed by atoms with E-state index < -0.39 is 6.04 Å². The molecule has 1 atom stereocenters. The number of nitrogens with one attached hydrogen (secondary N) is 2. The van der Waals surface area contributed by atoms with Crippen LogP contribution in [0, 0.1) is 6.92 Å². The van der Waals surface area contributed by atoms with Crippen LogP contribution < -0.4 is 10.6 Å². The van der Waals surface area contributed by atoms with Crippen molar-refractivity contribution >= 4 is 51.3 Å². The Hall–Kier alpha value is -1.30. The van der Waals surface area contributed by atoms with Crippen molar-refractivity contribution in [1.82, 2.24) is 4.98 Å². The van der Waals surface area contributed by atoms with Crippen molar-refractivity contribution in [3.05, 3.63) is 39.3 Å². The smallest absolute Gasteiger partial charge is 0.248 e. The van der Waals surface area contributed by atoms with E-state index in [0.29, 0.717) is 27.3 Å². The minimum absolute atomic E-state index is 0.150. The van der Waals surface area contributed by atoms with Gasteiger partial charge in [0.25, 0.3) is 0 Å². The van der Waals surface area contributed by atoms with Crippen molar-refractivity contribution in [2.45, 2.75) is 26.3 Å². The molecule has 0 aliphatic heterocycles. The maximum Gasteiger partial charge on any atom is 0.248 e. The van der Waals surface area contributed by atoms with Gasteiger partial charge >= 0.3 is 0 Å². The molecule has 1 aromatic carbocycles. The Morgan fingerprint density at radius 3 is 2.81 bits per heavy atom. The SMILES string of the molecule is CC[C@H](Nc1cccc(Cl)c1Cl)C(=O)Nc1nc(C)cs1. The fourth-order valence-electron chi connectivity index (χ4n) is 1.76. The summed E-state index contributed by atoms with van der Waals surface area (Å²) in [4.78, 5) is 16.5. The predicted octanol–water partition coefficient (Wildman–Crippen LogP) is 4.59. The first-order chi connectivity index (χ1) is 10.0. The van der Waals surface area contributed by atoms with Crippen LogP contribution in [0.1, 0.15) is 19.0 Å². The highest BCUT2D eigenvalue weighted by Crippen LogP contribution is 2.30. The summed E-state index contributed by atoms with van der Waals surface area (Å²) in [5.74, 6) is -0.150. The van der Waals surface area contributed by atoms with Crippen LogP contribution in [0.2, 0.25) is 10.0 Å². The van der Waals surface area contributed by atoms with E-state index in [-0.39, 0.29) is 5.91 Å². The monoisotopic (exact) mass is 343 g/mol. The molecule has 2 aromatic rings. The maximum absolute atomic E-state index is 12.3. The van der Waals surface area contributed by atoms with Crippen LogP contribution in [0.15, 0.2) is 23.6 Å². The molecule has 0 fully saturated rings. The third kappa shape index (κ3) is 4.09. The van der Waals surface area contributed by atoms with Gasteiger partial charge in [0, 0.05) is 5.38 Å². The number of carbonyl (C=O) groups excluding carboxylic acids is 1. The summed E-state index contributed by atoms with van der Waals surface area (Å²) in [7, 11) is 0. The number of anilines is 2. The van der Waals surface area contributed by atoms with Gasteiger partial charge in [-0.15, -0.1) is 11.3 Å². The Morgan fingerprint density at radius 1 is 1.43 bits per heavy atom. The average molecular weight is 344 g/mol. The highest BCUT2D eigenvalue weighted by atomic mass is 35.5. The van der Waals surface area contributed by atoms with Crippen molar-refractivity contribution in [3.63, 3.8) is 0 Å². The van der Waals surface area contributed by atoms with Gasteiger partial charge in [0.05, 0.1) is 21.4 Å². The van der Waals surface area contributed by atoms with Crippen LogP contribution in [0.25, 0.3) is 0 Å². The largest absolute Gasteiger partial charge is 0.372 e. The van der Waals surface area contributed by atoms with E-state index in [9.17, 15) is 4.79 Å².